The van der Waals surface area contributed by atoms with E-state index in [0.717, 1.165) is 29.6 Å². The Balaban J connectivity index is 1.60. The highest BCUT2D eigenvalue weighted by atomic mass is 79.9. The van der Waals surface area contributed by atoms with Crippen LogP contribution in [-0.4, -0.2) is 34.4 Å². The molecule has 0 bridgehead atoms. The predicted molar refractivity (Wildman–Crippen MR) is 84.7 cm³/mol. The van der Waals surface area contributed by atoms with E-state index in [1.54, 1.807) is 6.20 Å². The molecule has 3 rings (SSSR count). The molecule has 21 heavy (non-hydrogen) atoms. The number of nitrogens with one attached hydrogen (secondary N) is 2. The number of benzene rings is 1. The lowest BCUT2D eigenvalue weighted by atomic mass is 10.2. The van der Waals surface area contributed by atoms with E-state index < -0.39 is 0 Å². The first kappa shape index (κ1) is 14.2. The minimum absolute atomic E-state index is 0.247. The molecule has 110 valence electrons. The van der Waals surface area contributed by atoms with E-state index >= 15 is 0 Å². The number of aromatic nitrogens is 3. The Kier molecular flexibility index (Phi) is 4.62. The smallest absolute Gasteiger partial charge is 0.244 e. The summed E-state index contributed by atoms with van der Waals surface area (Å²) in [7, 11) is 0. The van der Waals surface area contributed by atoms with Crippen LogP contribution < -0.4 is 10.6 Å². The molecular formula is C14H16BrN5O. The van der Waals surface area contributed by atoms with E-state index in [2.05, 4.69) is 41.7 Å². The van der Waals surface area contributed by atoms with Gasteiger partial charge in [-0.25, -0.2) is 0 Å². The minimum atomic E-state index is 0.247. The maximum atomic E-state index is 5.55. The molecule has 1 atom stereocenters. The van der Waals surface area contributed by atoms with Gasteiger partial charge in [0.05, 0.1) is 12.3 Å². The maximum Gasteiger partial charge on any atom is 0.244 e. The van der Waals surface area contributed by atoms with Crippen molar-refractivity contribution in [3.63, 3.8) is 0 Å². The van der Waals surface area contributed by atoms with E-state index in [-0.39, 0.29) is 6.10 Å². The van der Waals surface area contributed by atoms with Gasteiger partial charge in [-0.1, -0.05) is 15.9 Å². The molecule has 1 aliphatic rings. The van der Waals surface area contributed by atoms with Crippen LogP contribution in [-0.2, 0) is 4.74 Å². The zero-order valence-electron chi connectivity index (χ0n) is 11.4. The molecule has 0 radical (unpaired) electrons. The van der Waals surface area contributed by atoms with Crippen LogP contribution >= 0.6 is 15.9 Å². The summed E-state index contributed by atoms with van der Waals surface area (Å²) in [6.45, 7) is 1.56. The normalized spacial score (nSPS) is 17.7. The Labute approximate surface area is 131 Å². The standard InChI is InChI=1S/C14H16BrN5O/c15-10-3-5-11(6-4-10)18-13-9-17-20-14(19-13)16-8-12-2-1-7-21-12/h3-6,9,12H,1-2,7-8H2,(H2,16,18,19,20). The second-order valence-electron chi connectivity index (χ2n) is 4.81. The minimum Gasteiger partial charge on any atom is -0.376 e. The Hall–Kier alpha value is -1.73. The van der Waals surface area contributed by atoms with Crippen LogP contribution in [0, 0.1) is 0 Å². The number of anilines is 3. The molecule has 0 aliphatic carbocycles. The van der Waals surface area contributed by atoms with Crippen molar-refractivity contribution in [3.8, 4) is 0 Å². The fourth-order valence-corrected chi connectivity index (χ4v) is 2.39. The lowest BCUT2D eigenvalue weighted by Crippen LogP contribution is -2.20. The lowest BCUT2D eigenvalue weighted by molar-refractivity contribution is 0.120. The maximum absolute atomic E-state index is 5.55. The van der Waals surface area contributed by atoms with Crippen molar-refractivity contribution in [1.82, 2.24) is 15.2 Å². The summed E-state index contributed by atoms with van der Waals surface area (Å²) in [5.41, 5.74) is 0.948. The first-order valence-electron chi connectivity index (χ1n) is 6.87. The van der Waals surface area contributed by atoms with Gasteiger partial charge in [0.2, 0.25) is 5.95 Å². The summed E-state index contributed by atoms with van der Waals surface area (Å²) in [4.78, 5) is 4.39. The number of ether oxygens (including phenoxy) is 1. The zero-order chi connectivity index (χ0) is 14.5. The summed E-state index contributed by atoms with van der Waals surface area (Å²) < 4.78 is 6.59. The van der Waals surface area contributed by atoms with Gasteiger partial charge >= 0.3 is 0 Å². The van der Waals surface area contributed by atoms with Gasteiger partial charge < -0.3 is 15.4 Å². The fourth-order valence-electron chi connectivity index (χ4n) is 2.13. The summed E-state index contributed by atoms with van der Waals surface area (Å²) in [6, 6.07) is 7.86. The Morgan fingerprint density at radius 2 is 2.14 bits per heavy atom. The fraction of sp³-hybridized carbons (Fsp3) is 0.357. The quantitative estimate of drug-likeness (QED) is 0.864. The van der Waals surface area contributed by atoms with Crippen LogP contribution in [0.15, 0.2) is 34.9 Å². The van der Waals surface area contributed by atoms with Gasteiger partial charge in [-0.05, 0) is 37.1 Å². The Morgan fingerprint density at radius 3 is 2.90 bits per heavy atom. The molecule has 0 amide bonds. The third-order valence-electron chi connectivity index (χ3n) is 3.19. The third-order valence-corrected chi connectivity index (χ3v) is 3.72. The first-order chi connectivity index (χ1) is 10.3. The van der Waals surface area contributed by atoms with Crippen LogP contribution in [0.1, 0.15) is 12.8 Å². The van der Waals surface area contributed by atoms with Gasteiger partial charge in [0.15, 0.2) is 5.82 Å². The Morgan fingerprint density at radius 1 is 1.29 bits per heavy atom. The molecule has 2 aromatic rings. The molecule has 1 saturated heterocycles. The van der Waals surface area contributed by atoms with E-state index in [9.17, 15) is 0 Å². The SMILES string of the molecule is Brc1ccc(Nc2cnnc(NCC3CCCO3)n2)cc1. The average Bonchev–Trinajstić information content (AvgIpc) is 3.01. The lowest BCUT2D eigenvalue weighted by Gasteiger charge is -2.11. The molecule has 1 aromatic heterocycles. The van der Waals surface area contributed by atoms with Gasteiger partial charge in [-0.15, -0.1) is 5.10 Å². The summed E-state index contributed by atoms with van der Waals surface area (Å²) in [5, 5.41) is 14.3. The van der Waals surface area contributed by atoms with Crippen LogP contribution in [0.5, 0.6) is 0 Å². The molecule has 1 unspecified atom stereocenters. The summed E-state index contributed by atoms with van der Waals surface area (Å²) in [6.07, 6.45) is 4.05. The van der Waals surface area contributed by atoms with Gasteiger partial charge in [0.1, 0.15) is 0 Å². The number of nitrogens with zero attached hydrogens (tertiary/aromatic N) is 3. The Bertz CT molecular complexity index is 586. The number of hydrogen-bond acceptors (Lipinski definition) is 6. The van der Waals surface area contributed by atoms with Gasteiger partial charge in [-0.3, -0.25) is 0 Å². The van der Waals surface area contributed by atoms with E-state index in [1.165, 1.54) is 0 Å². The molecular weight excluding hydrogens is 334 g/mol. The second-order valence-corrected chi connectivity index (χ2v) is 5.73. The van der Waals surface area contributed by atoms with Crippen molar-refractivity contribution in [1.29, 1.82) is 0 Å². The van der Waals surface area contributed by atoms with Crippen molar-refractivity contribution in [2.75, 3.05) is 23.8 Å². The molecule has 7 heteroatoms. The van der Waals surface area contributed by atoms with Gasteiger partial charge in [0.25, 0.3) is 0 Å². The van der Waals surface area contributed by atoms with E-state index in [1.807, 2.05) is 24.3 Å². The highest BCUT2D eigenvalue weighted by Gasteiger charge is 2.15. The monoisotopic (exact) mass is 349 g/mol. The molecule has 1 fully saturated rings. The molecule has 1 aliphatic heterocycles. The molecule has 2 N–H and O–H groups in total. The predicted octanol–water partition coefficient (Wildman–Crippen LogP) is 2.97. The molecule has 1 aromatic carbocycles. The number of hydrogen-bond donors (Lipinski definition) is 2. The third kappa shape index (κ3) is 4.12. The van der Waals surface area contributed by atoms with E-state index in [4.69, 9.17) is 4.74 Å². The van der Waals surface area contributed by atoms with Gasteiger partial charge in [0, 0.05) is 23.3 Å². The molecule has 6 nitrogen and oxygen atoms in total. The average molecular weight is 350 g/mol. The van der Waals surface area contributed by atoms with Crippen molar-refractivity contribution >= 4 is 33.4 Å². The highest BCUT2D eigenvalue weighted by molar-refractivity contribution is 9.10. The summed E-state index contributed by atoms with van der Waals surface area (Å²) in [5.74, 6) is 1.16. The van der Waals surface area contributed by atoms with Crippen molar-refractivity contribution < 1.29 is 4.74 Å². The molecule has 2 heterocycles. The van der Waals surface area contributed by atoms with Crippen molar-refractivity contribution in [2.24, 2.45) is 0 Å². The van der Waals surface area contributed by atoms with E-state index in [0.29, 0.717) is 18.3 Å². The molecule has 0 saturated carbocycles. The van der Waals surface area contributed by atoms with Crippen molar-refractivity contribution in [2.45, 2.75) is 18.9 Å². The zero-order valence-corrected chi connectivity index (χ0v) is 13.0. The van der Waals surface area contributed by atoms with Gasteiger partial charge in [-0.2, -0.15) is 10.1 Å². The van der Waals surface area contributed by atoms with Crippen LogP contribution in [0.4, 0.5) is 17.5 Å². The summed E-state index contributed by atoms with van der Waals surface area (Å²) >= 11 is 3.41. The van der Waals surface area contributed by atoms with Crippen LogP contribution in [0.3, 0.4) is 0 Å². The van der Waals surface area contributed by atoms with Crippen molar-refractivity contribution in [3.05, 3.63) is 34.9 Å². The first-order valence-corrected chi connectivity index (χ1v) is 7.67. The van der Waals surface area contributed by atoms with Crippen LogP contribution in [0.25, 0.3) is 0 Å². The second kappa shape index (κ2) is 6.82. The molecule has 0 spiro atoms. The van der Waals surface area contributed by atoms with Crippen LogP contribution in [0.2, 0.25) is 0 Å². The highest BCUT2D eigenvalue weighted by Crippen LogP contribution is 2.18. The number of rotatable bonds is 5. The number of halogens is 1. The largest absolute Gasteiger partial charge is 0.376 e. The topological polar surface area (TPSA) is 72.0 Å².